The number of hydrogen-bond acceptors (Lipinski definition) is 3. The zero-order valence-corrected chi connectivity index (χ0v) is 15.3. The summed E-state index contributed by atoms with van der Waals surface area (Å²) >= 11 is 0. The van der Waals surface area contributed by atoms with E-state index in [4.69, 9.17) is 4.74 Å². The molecule has 3 rings (SSSR count). The molecule has 0 aromatic carbocycles. The summed E-state index contributed by atoms with van der Waals surface area (Å²) in [6, 6.07) is 0.267. The van der Waals surface area contributed by atoms with E-state index in [1.807, 2.05) is 0 Å². The van der Waals surface area contributed by atoms with Gasteiger partial charge in [-0.2, -0.15) is 0 Å². The molecule has 0 unspecified atom stereocenters. The van der Waals surface area contributed by atoms with Crippen LogP contribution in [-0.2, 0) is 4.74 Å². The molecule has 24 heavy (non-hydrogen) atoms. The Morgan fingerprint density at radius 3 is 2.75 bits per heavy atom. The molecule has 3 aliphatic rings. The van der Waals surface area contributed by atoms with Gasteiger partial charge in [0, 0.05) is 46.4 Å². The highest BCUT2D eigenvalue weighted by Gasteiger charge is 2.40. The van der Waals surface area contributed by atoms with Gasteiger partial charge in [-0.1, -0.05) is 12.2 Å². The molecule has 5 nitrogen and oxygen atoms in total. The molecule has 2 saturated heterocycles. The van der Waals surface area contributed by atoms with Gasteiger partial charge in [0.25, 0.3) is 0 Å². The molecule has 2 amide bonds. The molecule has 0 radical (unpaired) electrons. The topological polar surface area (TPSA) is 44.8 Å². The summed E-state index contributed by atoms with van der Waals surface area (Å²) < 4.78 is 6.21. The van der Waals surface area contributed by atoms with Crippen molar-refractivity contribution < 1.29 is 9.53 Å². The Morgan fingerprint density at radius 1 is 1.29 bits per heavy atom. The number of piperidine rings is 1. The number of carbonyl (C=O) groups excluding carboxylic acids is 1. The number of allylic oxidation sites excluding steroid dienone is 2. The van der Waals surface area contributed by atoms with Gasteiger partial charge in [0.1, 0.15) is 0 Å². The SMILES string of the molecule is CN(C)C(=O)N[C@@H]1CCOC2(CCN(C[C@@H]3CC=CCC3)CC2)C1. The van der Waals surface area contributed by atoms with E-state index in [1.165, 1.54) is 25.8 Å². The van der Waals surface area contributed by atoms with Gasteiger partial charge in [0.15, 0.2) is 0 Å². The number of rotatable bonds is 3. The summed E-state index contributed by atoms with van der Waals surface area (Å²) in [6.45, 7) is 4.27. The molecule has 136 valence electrons. The first-order valence-corrected chi connectivity index (χ1v) is 9.55. The van der Waals surface area contributed by atoms with Crippen LogP contribution in [0, 0.1) is 5.92 Å². The van der Waals surface area contributed by atoms with E-state index < -0.39 is 0 Å². The molecule has 2 fully saturated rings. The highest BCUT2D eigenvalue weighted by molar-refractivity contribution is 5.73. The number of nitrogens with zero attached hydrogens (tertiary/aromatic N) is 2. The van der Waals surface area contributed by atoms with Gasteiger partial charge in [-0.3, -0.25) is 0 Å². The second-order valence-electron chi connectivity index (χ2n) is 8.02. The highest BCUT2D eigenvalue weighted by atomic mass is 16.5. The van der Waals surface area contributed by atoms with Gasteiger partial charge >= 0.3 is 6.03 Å². The number of hydrogen-bond donors (Lipinski definition) is 1. The third kappa shape index (κ3) is 4.51. The average Bonchev–Trinajstić information content (AvgIpc) is 2.58. The van der Waals surface area contributed by atoms with Crippen LogP contribution in [0.4, 0.5) is 4.79 Å². The predicted octanol–water partition coefficient (Wildman–Crippen LogP) is 2.63. The Hall–Kier alpha value is -1.07. The molecule has 0 bridgehead atoms. The average molecular weight is 335 g/mol. The molecule has 2 atom stereocenters. The van der Waals surface area contributed by atoms with Crippen molar-refractivity contribution in [3.05, 3.63) is 12.2 Å². The van der Waals surface area contributed by atoms with E-state index in [9.17, 15) is 4.79 Å². The summed E-state index contributed by atoms with van der Waals surface area (Å²) in [6.07, 6.45) is 12.6. The third-order valence-corrected chi connectivity index (χ3v) is 5.89. The van der Waals surface area contributed by atoms with Gasteiger partial charge in [-0.15, -0.1) is 0 Å². The summed E-state index contributed by atoms with van der Waals surface area (Å²) in [5.74, 6) is 0.837. The van der Waals surface area contributed by atoms with Crippen molar-refractivity contribution in [3.8, 4) is 0 Å². The van der Waals surface area contributed by atoms with E-state index in [1.54, 1.807) is 19.0 Å². The molecule has 1 N–H and O–H groups in total. The minimum atomic E-state index is -0.00846. The van der Waals surface area contributed by atoms with Crippen molar-refractivity contribution >= 4 is 6.03 Å². The molecule has 0 aromatic rings. The quantitative estimate of drug-likeness (QED) is 0.807. The molecular weight excluding hydrogens is 302 g/mol. The Labute approximate surface area is 146 Å². The fourth-order valence-electron chi connectivity index (χ4n) is 4.33. The van der Waals surface area contributed by atoms with E-state index in [0.29, 0.717) is 0 Å². The number of urea groups is 1. The highest BCUT2D eigenvalue weighted by Crippen LogP contribution is 2.35. The molecule has 1 spiro atoms. The van der Waals surface area contributed by atoms with Crippen LogP contribution < -0.4 is 5.32 Å². The fraction of sp³-hybridized carbons (Fsp3) is 0.842. The van der Waals surface area contributed by atoms with Crippen LogP contribution in [0.25, 0.3) is 0 Å². The van der Waals surface area contributed by atoms with E-state index in [-0.39, 0.29) is 17.7 Å². The van der Waals surface area contributed by atoms with Crippen LogP contribution in [0.5, 0.6) is 0 Å². The predicted molar refractivity (Wildman–Crippen MR) is 96.1 cm³/mol. The first-order valence-electron chi connectivity index (χ1n) is 9.55. The molecule has 2 aliphatic heterocycles. The zero-order valence-electron chi connectivity index (χ0n) is 15.3. The maximum atomic E-state index is 11.9. The summed E-state index contributed by atoms with van der Waals surface area (Å²) in [4.78, 5) is 16.2. The van der Waals surface area contributed by atoms with Crippen molar-refractivity contribution in [2.75, 3.05) is 40.3 Å². The van der Waals surface area contributed by atoms with Crippen molar-refractivity contribution in [3.63, 3.8) is 0 Å². The third-order valence-electron chi connectivity index (χ3n) is 5.89. The Morgan fingerprint density at radius 2 is 2.08 bits per heavy atom. The summed E-state index contributed by atoms with van der Waals surface area (Å²) in [7, 11) is 3.59. The first kappa shape index (κ1) is 17.7. The van der Waals surface area contributed by atoms with E-state index >= 15 is 0 Å². The first-order chi connectivity index (χ1) is 11.6. The number of ether oxygens (including phenoxy) is 1. The lowest BCUT2D eigenvalue weighted by molar-refractivity contribution is -0.119. The van der Waals surface area contributed by atoms with E-state index in [2.05, 4.69) is 22.4 Å². The number of likely N-dealkylation sites (tertiary alicyclic amines) is 1. The number of amides is 2. The Balaban J connectivity index is 1.47. The van der Waals surface area contributed by atoms with Gasteiger partial charge in [0.05, 0.1) is 5.60 Å². The lowest BCUT2D eigenvalue weighted by Crippen LogP contribution is -2.55. The maximum Gasteiger partial charge on any atom is 0.317 e. The lowest BCUT2D eigenvalue weighted by Gasteiger charge is -2.47. The lowest BCUT2D eigenvalue weighted by atomic mass is 9.82. The molecule has 1 aliphatic carbocycles. The summed E-state index contributed by atoms with van der Waals surface area (Å²) in [5, 5.41) is 3.15. The summed E-state index contributed by atoms with van der Waals surface area (Å²) in [5.41, 5.74) is -0.00846. The second kappa shape index (κ2) is 7.87. The molecular formula is C19H33N3O2. The largest absolute Gasteiger partial charge is 0.375 e. The van der Waals surface area contributed by atoms with Gasteiger partial charge in [-0.25, -0.2) is 4.79 Å². The van der Waals surface area contributed by atoms with Gasteiger partial charge in [-0.05, 0) is 50.9 Å². The van der Waals surface area contributed by atoms with Crippen molar-refractivity contribution in [2.45, 2.75) is 56.6 Å². The monoisotopic (exact) mass is 335 g/mol. The molecule has 0 saturated carbocycles. The Bertz CT molecular complexity index is 456. The molecule has 2 heterocycles. The van der Waals surface area contributed by atoms with Crippen LogP contribution in [0.15, 0.2) is 12.2 Å². The van der Waals surface area contributed by atoms with Crippen molar-refractivity contribution in [1.29, 1.82) is 0 Å². The van der Waals surface area contributed by atoms with Crippen LogP contribution in [0.1, 0.15) is 44.9 Å². The minimum Gasteiger partial charge on any atom is -0.375 e. The van der Waals surface area contributed by atoms with E-state index in [0.717, 1.165) is 51.3 Å². The molecule has 5 heteroatoms. The van der Waals surface area contributed by atoms with Crippen LogP contribution in [0.2, 0.25) is 0 Å². The van der Waals surface area contributed by atoms with Crippen molar-refractivity contribution in [1.82, 2.24) is 15.1 Å². The normalized spacial score (nSPS) is 30.2. The van der Waals surface area contributed by atoms with Crippen LogP contribution in [-0.4, -0.2) is 67.8 Å². The second-order valence-corrected chi connectivity index (χ2v) is 8.02. The van der Waals surface area contributed by atoms with Crippen LogP contribution >= 0.6 is 0 Å². The van der Waals surface area contributed by atoms with Crippen molar-refractivity contribution in [2.24, 2.45) is 5.92 Å². The van der Waals surface area contributed by atoms with Crippen LogP contribution in [0.3, 0.4) is 0 Å². The molecule has 0 aromatic heterocycles. The maximum absolute atomic E-state index is 11.9. The smallest absolute Gasteiger partial charge is 0.317 e. The standard InChI is InChI=1S/C19H33N3O2/c1-21(2)18(23)20-17-8-13-24-19(14-17)9-11-22(12-10-19)15-16-6-4-3-5-7-16/h3-4,16-17H,5-15H2,1-2H3,(H,20,23)/t16-,17-/m1/s1. The number of carbonyl (C=O) groups is 1. The zero-order chi connectivity index (χ0) is 17.0. The minimum absolute atomic E-state index is 0.00846. The number of nitrogens with one attached hydrogen (secondary N) is 1. The Kier molecular flexibility index (Phi) is 5.82. The van der Waals surface area contributed by atoms with Gasteiger partial charge in [0.2, 0.25) is 0 Å². The van der Waals surface area contributed by atoms with Gasteiger partial charge < -0.3 is 19.9 Å². The fourth-order valence-corrected chi connectivity index (χ4v) is 4.33.